The van der Waals surface area contributed by atoms with Crippen LogP contribution in [0.5, 0.6) is 0 Å². The number of carbonyl (C=O) groups excluding carboxylic acids is 1. The lowest BCUT2D eigenvalue weighted by atomic mass is 10.1. The molecular formula is C16H17NO2. The molecule has 0 heterocycles. The third-order valence-corrected chi connectivity index (χ3v) is 2.88. The van der Waals surface area contributed by atoms with E-state index in [-0.39, 0.29) is 5.97 Å². The monoisotopic (exact) mass is 255 g/mol. The number of hydrogen-bond acceptors (Lipinski definition) is 3. The summed E-state index contributed by atoms with van der Waals surface area (Å²) in [5, 5.41) is 2.98. The lowest BCUT2D eigenvalue weighted by molar-refractivity contribution is 0.0510. The Balaban J connectivity index is 1.91. The molecule has 0 spiro atoms. The second-order valence-electron chi connectivity index (χ2n) is 4.17. The van der Waals surface area contributed by atoms with Gasteiger partial charge in [0.1, 0.15) is 0 Å². The molecule has 2 aromatic rings. The van der Waals surface area contributed by atoms with E-state index in [1.807, 2.05) is 48.5 Å². The minimum Gasteiger partial charge on any atom is -0.462 e. The van der Waals surface area contributed by atoms with Crippen LogP contribution in [0.3, 0.4) is 0 Å². The molecule has 1 N–H and O–H groups in total. The third-order valence-electron chi connectivity index (χ3n) is 2.88. The van der Waals surface area contributed by atoms with Gasteiger partial charge in [-0.15, -0.1) is 0 Å². The van der Waals surface area contributed by atoms with Crippen molar-refractivity contribution in [2.24, 2.45) is 0 Å². The minimum atomic E-state index is -0.291. The molecular weight excluding hydrogens is 238 g/mol. The first kappa shape index (κ1) is 13.1. The number of nitrogens with one attached hydrogen (secondary N) is 1. The normalized spacial score (nSPS) is 9.95. The zero-order chi connectivity index (χ0) is 13.5. The van der Waals surface area contributed by atoms with E-state index in [0.717, 1.165) is 17.7 Å². The van der Waals surface area contributed by atoms with Crippen molar-refractivity contribution in [3.8, 4) is 0 Å². The van der Waals surface area contributed by atoms with E-state index in [1.54, 1.807) is 13.1 Å². The van der Waals surface area contributed by atoms with Crippen LogP contribution in [0.15, 0.2) is 54.6 Å². The number of benzene rings is 2. The maximum atomic E-state index is 12.0. The zero-order valence-corrected chi connectivity index (χ0v) is 10.9. The number of ether oxygens (including phenoxy) is 1. The van der Waals surface area contributed by atoms with Gasteiger partial charge in [0.15, 0.2) is 0 Å². The molecule has 3 nitrogen and oxygen atoms in total. The van der Waals surface area contributed by atoms with Gasteiger partial charge in [-0.25, -0.2) is 4.79 Å². The molecule has 2 aromatic carbocycles. The topological polar surface area (TPSA) is 38.3 Å². The second kappa shape index (κ2) is 6.59. The van der Waals surface area contributed by atoms with E-state index < -0.39 is 0 Å². The molecule has 0 saturated heterocycles. The predicted molar refractivity (Wildman–Crippen MR) is 76.4 cm³/mol. The molecule has 0 aliphatic carbocycles. The van der Waals surface area contributed by atoms with Gasteiger partial charge in [0.25, 0.3) is 0 Å². The van der Waals surface area contributed by atoms with Crippen molar-refractivity contribution in [2.45, 2.75) is 6.42 Å². The van der Waals surface area contributed by atoms with Gasteiger partial charge in [0.05, 0.1) is 12.2 Å². The van der Waals surface area contributed by atoms with E-state index >= 15 is 0 Å². The molecule has 3 heteroatoms. The van der Waals surface area contributed by atoms with Gasteiger partial charge in [0, 0.05) is 19.2 Å². The fourth-order valence-electron chi connectivity index (χ4n) is 1.86. The summed E-state index contributed by atoms with van der Waals surface area (Å²) in [5.41, 5.74) is 2.52. The van der Waals surface area contributed by atoms with Crippen molar-refractivity contribution in [1.29, 1.82) is 0 Å². The van der Waals surface area contributed by atoms with Crippen molar-refractivity contribution in [1.82, 2.24) is 0 Å². The average Bonchev–Trinajstić information content (AvgIpc) is 2.48. The lowest BCUT2D eigenvalue weighted by Crippen LogP contribution is -2.10. The van der Waals surface area contributed by atoms with Crippen molar-refractivity contribution in [3.05, 3.63) is 65.7 Å². The second-order valence-corrected chi connectivity index (χ2v) is 4.17. The van der Waals surface area contributed by atoms with Gasteiger partial charge >= 0.3 is 5.97 Å². The van der Waals surface area contributed by atoms with Gasteiger partial charge in [-0.3, -0.25) is 0 Å². The Kier molecular flexibility index (Phi) is 4.56. The highest BCUT2D eigenvalue weighted by molar-refractivity contribution is 5.95. The summed E-state index contributed by atoms with van der Waals surface area (Å²) in [5.74, 6) is -0.291. The van der Waals surface area contributed by atoms with Gasteiger partial charge in [-0.2, -0.15) is 0 Å². The summed E-state index contributed by atoms with van der Waals surface area (Å²) in [6.45, 7) is 0.390. The highest BCUT2D eigenvalue weighted by Gasteiger charge is 2.10. The molecule has 0 bridgehead atoms. The molecule has 19 heavy (non-hydrogen) atoms. The van der Waals surface area contributed by atoms with Crippen LogP contribution < -0.4 is 5.32 Å². The fraction of sp³-hybridized carbons (Fsp3) is 0.188. The first-order valence-electron chi connectivity index (χ1n) is 6.29. The van der Waals surface area contributed by atoms with Crippen LogP contribution in [0.2, 0.25) is 0 Å². The van der Waals surface area contributed by atoms with Crippen molar-refractivity contribution in [2.75, 3.05) is 19.0 Å². The SMILES string of the molecule is CNc1ccccc1C(=O)OCCc1ccccc1. The molecule has 0 aromatic heterocycles. The summed E-state index contributed by atoms with van der Waals surface area (Å²) in [6.07, 6.45) is 0.730. The summed E-state index contributed by atoms with van der Waals surface area (Å²) < 4.78 is 5.30. The number of para-hydroxylation sites is 1. The Hall–Kier alpha value is -2.29. The van der Waals surface area contributed by atoms with Crippen molar-refractivity contribution in [3.63, 3.8) is 0 Å². The molecule has 98 valence electrons. The van der Waals surface area contributed by atoms with Crippen molar-refractivity contribution < 1.29 is 9.53 Å². The highest BCUT2D eigenvalue weighted by Crippen LogP contribution is 2.15. The Labute approximate surface area is 113 Å². The lowest BCUT2D eigenvalue weighted by Gasteiger charge is -2.09. The summed E-state index contributed by atoms with van der Waals surface area (Å²) >= 11 is 0. The van der Waals surface area contributed by atoms with Crippen LogP contribution in [0, 0.1) is 0 Å². The van der Waals surface area contributed by atoms with Gasteiger partial charge in [-0.05, 0) is 17.7 Å². The standard InChI is InChI=1S/C16H17NO2/c1-17-15-10-6-5-9-14(15)16(18)19-12-11-13-7-3-2-4-8-13/h2-10,17H,11-12H2,1H3. The number of rotatable bonds is 5. The first-order chi connectivity index (χ1) is 9.31. The van der Waals surface area contributed by atoms with Crippen LogP contribution in [-0.4, -0.2) is 19.6 Å². The molecule has 0 amide bonds. The zero-order valence-electron chi connectivity index (χ0n) is 10.9. The molecule has 0 aliphatic rings. The van der Waals surface area contributed by atoms with Gasteiger partial charge in [0.2, 0.25) is 0 Å². The quantitative estimate of drug-likeness (QED) is 0.834. The first-order valence-corrected chi connectivity index (χ1v) is 6.29. The Morgan fingerprint density at radius 1 is 1.05 bits per heavy atom. The summed E-state index contributed by atoms with van der Waals surface area (Å²) in [6, 6.07) is 17.3. The predicted octanol–water partition coefficient (Wildman–Crippen LogP) is 3.13. The Bertz CT molecular complexity index is 537. The van der Waals surface area contributed by atoms with E-state index in [4.69, 9.17) is 4.74 Å². The molecule has 0 fully saturated rings. The number of anilines is 1. The van der Waals surface area contributed by atoms with Gasteiger partial charge in [-0.1, -0.05) is 42.5 Å². The maximum Gasteiger partial charge on any atom is 0.340 e. The van der Waals surface area contributed by atoms with Crippen LogP contribution in [-0.2, 0) is 11.2 Å². The van der Waals surface area contributed by atoms with Crippen LogP contribution in [0.1, 0.15) is 15.9 Å². The number of hydrogen-bond donors (Lipinski definition) is 1. The fourth-order valence-corrected chi connectivity index (χ4v) is 1.86. The highest BCUT2D eigenvalue weighted by atomic mass is 16.5. The largest absolute Gasteiger partial charge is 0.462 e. The molecule has 0 radical (unpaired) electrons. The van der Waals surface area contributed by atoms with Crippen LogP contribution >= 0.6 is 0 Å². The number of carbonyl (C=O) groups is 1. The molecule has 2 rings (SSSR count). The maximum absolute atomic E-state index is 12.0. The molecule has 0 saturated carbocycles. The van der Waals surface area contributed by atoms with Crippen LogP contribution in [0.4, 0.5) is 5.69 Å². The van der Waals surface area contributed by atoms with E-state index in [1.165, 1.54) is 0 Å². The Morgan fingerprint density at radius 2 is 1.74 bits per heavy atom. The molecule has 0 unspecified atom stereocenters. The van der Waals surface area contributed by atoms with E-state index in [2.05, 4.69) is 5.32 Å². The van der Waals surface area contributed by atoms with E-state index in [9.17, 15) is 4.79 Å². The summed E-state index contributed by atoms with van der Waals surface area (Å²) in [7, 11) is 1.79. The van der Waals surface area contributed by atoms with Gasteiger partial charge < -0.3 is 10.1 Å². The minimum absolute atomic E-state index is 0.291. The third kappa shape index (κ3) is 3.58. The number of esters is 1. The van der Waals surface area contributed by atoms with Crippen molar-refractivity contribution >= 4 is 11.7 Å². The molecule has 0 atom stereocenters. The van der Waals surface area contributed by atoms with Crippen LogP contribution in [0.25, 0.3) is 0 Å². The summed E-state index contributed by atoms with van der Waals surface area (Å²) in [4.78, 5) is 12.0. The van der Waals surface area contributed by atoms with E-state index in [0.29, 0.717) is 12.2 Å². The average molecular weight is 255 g/mol. The Morgan fingerprint density at radius 3 is 2.47 bits per heavy atom. The molecule has 0 aliphatic heterocycles. The smallest absolute Gasteiger partial charge is 0.340 e.